The number of nitrogens with one attached hydrogen (secondary N) is 6. The number of hydrogen-bond donors (Lipinski definition) is 10. The highest BCUT2D eigenvalue weighted by Crippen LogP contribution is 2.42. The van der Waals surface area contributed by atoms with E-state index in [1.807, 2.05) is 60.7 Å². The molecule has 1 aliphatic carbocycles. The van der Waals surface area contributed by atoms with E-state index in [0.717, 1.165) is 11.4 Å². The Balaban J connectivity index is 0.000000406. The molecule has 0 radical (unpaired) electrons. The van der Waals surface area contributed by atoms with Gasteiger partial charge in [0.05, 0.1) is 35.5 Å². The number of carbonyl (C=O) groups excluding carboxylic acids is 3. The normalized spacial score (nSPS) is 11.0. The van der Waals surface area contributed by atoms with Gasteiger partial charge in [-0.05, 0) is 48.5 Å². The summed E-state index contributed by atoms with van der Waals surface area (Å²) in [6, 6.07) is 24.2. The Morgan fingerprint density at radius 1 is 0.500 bits per heavy atom. The Morgan fingerprint density at radius 2 is 0.880 bits per heavy atom. The molecule has 15 heteroatoms. The van der Waals surface area contributed by atoms with Crippen LogP contribution in [0.2, 0.25) is 0 Å². The molecule has 0 saturated heterocycles. The number of halogens is 2. The number of phenols is 2. The van der Waals surface area contributed by atoms with E-state index in [2.05, 4.69) is 31.9 Å². The third kappa shape index (κ3) is 11.1. The number of amides is 2. The maximum absolute atomic E-state index is 13.4. The maximum atomic E-state index is 13.4. The molecule has 0 atom stereocenters. The predicted octanol–water partition coefficient (Wildman–Crippen LogP) is 4.04. The van der Waals surface area contributed by atoms with Crippen LogP contribution in [0.5, 0.6) is 11.5 Å². The van der Waals surface area contributed by atoms with E-state index in [1.165, 1.54) is 12.1 Å². The highest BCUT2D eigenvalue weighted by atomic mass is 35.5. The van der Waals surface area contributed by atoms with Crippen molar-refractivity contribution >= 4 is 65.2 Å². The summed E-state index contributed by atoms with van der Waals surface area (Å²) in [5.74, 6) is -1.86. The van der Waals surface area contributed by atoms with Crippen LogP contribution < -0.4 is 31.9 Å². The van der Waals surface area contributed by atoms with Gasteiger partial charge in [0.15, 0.2) is 0 Å². The molecule has 4 aromatic carbocycles. The SMILES string of the molecule is Cl.Cl.O=C(Nc1ccccc1)Nc1ccccc1.O=C1c2c(O)ccc(O)c2C(=O)c2c(NCCNCCO)ccc(NCCNCCO)c21. The fourth-order valence-electron chi connectivity index (χ4n) is 4.98. The molecule has 0 bridgehead atoms. The summed E-state index contributed by atoms with van der Waals surface area (Å²) in [6.07, 6.45) is 0. The van der Waals surface area contributed by atoms with Crippen molar-refractivity contribution in [1.82, 2.24) is 10.6 Å². The van der Waals surface area contributed by atoms with Crippen LogP contribution in [0.25, 0.3) is 0 Å². The minimum absolute atomic E-state index is 0. The summed E-state index contributed by atoms with van der Waals surface area (Å²) in [4.78, 5) is 38.3. The Kier molecular flexibility index (Phi) is 17.5. The van der Waals surface area contributed by atoms with Gasteiger partial charge in [0.25, 0.3) is 0 Å². The van der Waals surface area contributed by atoms with Crippen LogP contribution in [0.4, 0.5) is 27.5 Å². The summed E-state index contributed by atoms with van der Waals surface area (Å²) >= 11 is 0. The summed E-state index contributed by atoms with van der Waals surface area (Å²) in [7, 11) is 0. The predicted molar refractivity (Wildman–Crippen MR) is 200 cm³/mol. The molecule has 0 spiro atoms. The van der Waals surface area contributed by atoms with E-state index in [9.17, 15) is 24.6 Å². The summed E-state index contributed by atoms with van der Waals surface area (Å²) < 4.78 is 0. The third-order valence-corrected chi connectivity index (χ3v) is 7.15. The second kappa shape index (κ2) is 21.3. The van der Waals surface area contributed by atoms with Crippen LogP contribution in [0.3, 0.4) is 0 Å². The van der Waals surface area contributed by atoms with Gasteiger partial charge in [-0.3, -0.25) is 9.59 Å². The molecule has 0 aromatic heterocycles. The molecule has 0 unspecified atom stereocenters. The molecular weight excluding hydrogens is 687 g/mol. The van der Waals surface area contributed by atoms with Gasteiger partial charge < -0.3 is 52.3 Å². The Morgan fingerprint density at radius 3 is 1.24 bits per heavy atom. The van der Waals surface area contributed by atoms with Crippen LogP contribution in [-0.2, 0) is 0 Å². The van der Waals surface area contributed by atoms with Gasteiger partial charge in [-0.25, -0.2) is 4.79 Å². The largest absolute Gasteiger partial charge is 0.507 e. The topological polar surface area (TPSA) is 204 Å². The first-order valence-corrected chi connectivity index (χ1v) is 15.5. The van der Waals surface area contributed by atoms with Crippen molar-refractivity contribution in [2.24, 2.45) is 0 Å². The van der Waals surface area contributed by atoms with Gasteiger partial charge >= 0.3 is 6.03 Å². The van der Waals surface area contributed by atoms with E-state index in [-0.39, 0.29) is 77.8 Å². The van der Waals surface area contributed by atoms with Crippen LogP contribution >= 0.6 is 24.8 Å². The number of carbonyl (C=O) groups is 3. The number of rotatable bonds is 14. The monoisotopic (exact) mass is 728 g/mol. The van der Waals surface area contributed by atoms with E-state index in [0.29, 0.717) is 50.6 Å². The maximum Gasteiger partial charge on any atom is 0.323 e. The molecule has 13 nitrogen and oxygen atoms in total. The summed E-state index contributed by atoms with van der Waals surface area (Å²) in [5.41, 5.74) is 2.23. The number of urea groups is 1. The quantitative estimate of drug-likeness (QED) is 0.0584. The van der Waals surface area contributed by atoms with Crippen molar-refractivity contribution in [3.8, 4) is 11.5 Å². The van der Waals surface area contributed by atoms with Gasteiger partial charge in [0.2, 0.25) is 11.6 Å². The summed E-state index contributed by atoms with van der Waals surface area (Å²) in [6.45, 7) is 2.81. The second-order valence-electron chi connectivity index (χ2n) is 10.5. The second-order valence-corrected chi connectivity index (χ2v) is 10.5. The van der Waals surface area contributed by atoms with Gasteiger partial charge in [-0.1, -0.05) is 36.4 Å². The Labute approximate surface area is 302 Å². The highest BCUT2D eigenvalue weighted by molar-refractivity contribution is 6.33. The highest BCUT2D eigenvalue weighted by Gasteiger charge is 2.37. The Hall–Kier alpha value is -4.89. The molecule has 0 saturated carbocycles. The van der Waals surface area contributed by atoms with E-state index < -0.39 is 11.6 Å². The average molecular weight is 730 g/mol. The van der Waals surface area contributed by atoms with E-state index in [1.54, 1.807) is 12.1 Å². The first kappa shape index (κ1) is 41.3. The molecule has 2 amide bonds. The van der Waals surface area contributed by atoms with Crippen molar-refractivity contribution in [2.75, 3.05) is 73.7 Å². The lowest BCUT2D eigenvalue weighted by Gasteiger charge is -2.25. The van der Waals surface area contributed by atoms with Crippen molar-refractivity contribution in [2.45, 2.75) is 0 Å². The van der Waals surface area contributed by atoms with Gasteiger partial charge in [-0.15, -0.1) is 24.8 Å². The first-order chi connectivity index (χ1) is 23.3. The number of benzene rings is 4. The van der Waals surface area contributed by atoms with E-state index in [4.69, 9.17) is 10.2 Å². The number of para-hydroxylation sites is 2. The lowest BCUT2D eigenvalue weighted by atomic mass is 9.81. The molecule has 0 heterocycles. The molecular formula is C35H42Cl2N6O7. The zero-order valence-electron chi connectivity index (χ0n) is 27.1. The lowest BCUT2D eigenvalue weighted by molar-refractivity contribution is 0.0975. The smallest absolute Gasteiger partial charge is 0.323 e. The number of aliphatic hydroxyl groups excluding tert-OH is 2. The number of ketones is 2. The average Bonchev–Trinajstić information content (AvgIpc) is 3.09. The van der Waals surface area contributed by atoms with Crippen molar-refractivity contribution in [1.29, 1.82) is 0 Å². The van der Waals surface area contributed by atoms with Crippen LogP contribution in [0, 0.1) is 0 Å². The molecule has 268 valence electrons. The van der Waals surface area contributed by atoms with Gasteiger partial charge in [-0.2, -0.15) is 0 Å². The molecule has 5 rings (SSSR count). The molecule has 50 heavy (non-hydrogen) atoms. The number of anilines is 4. The molecule has 1 aliphatic rings. The first-order valence-electron chi connectivity index (χ1n) is 15.5. The standard InChI is InChI=1S/C22H28N4O6.C13H12N2O.2ClH/c27-11-9-23-5-7-25-13-1-2-14(26-8-6-24-10-12-28)18-17(13)21(31)19-15(29)3-4-16(30)20(19)22(18)32;16-13(14-11-7-3-1-4-8-11)15-12-9-5-2-6-10-12;;/h1-4,23-30H,5-12H2;1-10H,(H2,14,15,16);2*1H. The molecule has 0 aliphatic heterocycles. The third-order valence-electron chi connectivity index (χ3n) is 7.15. The van der Waals surface area contributed by atoms with Crippen LogP contribution in [0.15, 0.2) is 84.9 Å². The fraction of sp³-hybridized carbons (Fsp3) is 0.229. The zero-order valence-corrected chi connectivity index (χ0v) is 28.7. The zero-order chi connectivity index (χ0) is 34.3. The lowest BCUT2D eigenvalue weighted by Crippen LogP contribution is -2.28. The van der Waals surface area contributed by atoms with Gasteiger partial charge in [0, 0.05) is 62.0 Å². The van der Waals surface area contributed by atoms with Crippen molar-refractivity contribution in [3.05, 3.63) is 107 Å². The van der Waals surface area contributed by atoms with Gasteiger partial charge in [0.1, 0.15) is 11.5 Å². The number of aliphatic hydroxyl groups is 2. The van der Waals surface area contributed by atoms with Crippen LogP contribution in [0.1, 0.15) is 31.8 Å². The molecule has 4 aromatic rings. The minimum Gasteiger partial charge on any atom is -0.507 e. The number of phenolic OH excluding ortho intramolecular Hbond substituents is 2. The Bertz CT molecular complexity index is 1580. The molecule has 10 N–H and O–H groups in total. The number of fused-ring (bicyclic) bond motifs is 2. The summed E-state index contributed by atoms with van der Waals surface area (Å²) in [5, 5.41) is 56.0. The molecule has 0 fully saturated rings. The number of aromatic hydroxyl groups is 2. The van der Waals surface area contributed by atoms with E-state index >= 15 is 0 Å². The minimum atomic E-state index is -0.559. The fourth-order valence-corrected chi connectivity index (χ4v) is 4.98. The number of hydrogen-bond acceptors (Lipinski definition) is 11. The van der Waals surface area contributed by atoms with Crippen LogP contribution in [-0.4, -0.2) is 90.5 Å². The van der Waals surface area contributed by atoms with Crippen molar-refractivity contribution < 1.29 is 34.8 Å². The van der Waals surface area contributed by atoms with Crippen molar-refractivity contribution in [3.63, 3.8) is 0 Å².